The Bertz CT molecular complexity index is 546. The first-order valence-electron chi connectivity index (χ1n) is 7.18. The lowest BCUT2D eigenvalue weighted by atomic mass is 9.94. The molecule has 1 saturated heterocycles. The van der Waals surface area contributed by atoms with Crippen LogP contribution in [0.4, 0.5) is 0 Å². The summed E-state index contributed by atoms with van der Waals surface area (Å²) < 4.78 is 29.2. The lowest BCUT2D eigenvalue weighted by Crippen LogP contribution is -2.45. The summed E-state index contributed by atoms with van der Waals surface area (Å²) in [6.45, 7) is 7.44. The summed E-state index contributed by atoms with van der Waals surface area (Å²) in [6.07, 6.45) is 3.73. The van der Waals surface area contributed by atoms with E-state index >= 15 is 0 Å². The molecule has 1 aliphatic heterocycles. The Balaban J connectivity index is 2.37. The summed E-state index contributed by atoms with van der Waals surface area (Å²) in [5, 5.41) is 0. The van der Waals surface area contributed by atoms with E-state index in [0.717, 1.165) is 25.1 Å². The molecule has 4 nitrogen and oxygen atoms in total. The maximum absolute atomic E-state index is 12.8. The van der Waals surface area contributed by atoms with Gasteiger partial charge in [-0.2, -0.15) is 4.31 Å². The van der Waals surface area contributed by atoms with E-state index in [-0.39, 0.29) is 6.04 Å². The fourth-order valence-electron chi connectivity index (χ4n) is 2.84. The quantitative estimate of drug-likeness (QED) is 0.801. The van der Waals surface area contributed by atoms with Crippen molar-refractivity contribution in [2.75, 3.05) is 6.54 Å². The third-order valence-electron chi connectivity index (χ3n) is 4.36. The first-order chi connectivity index (χ1) is 9.41. The molecular weight excluding hydrogens is 296 g/mol. The smallest absolute Gasteiger partial charge is 0.244 e. The Morgan fingerprint density at radius 1 is 1.40 bits per heavy atom. The molecule has 114 valence electrons. The Labute approximate surface area is 126 Å². The van der Waals surface area contributed by atoms with Gasteiger partial charge in [-0.25, -0.2) is 8.42 Å². The normalized spacial score (nSPS) is 25.0. The van der Waals surface area contributed by atoms with Crippen molar-refractivity contribution in [3.05, 3.63) is 18.0 Å². The zero-order valence-electron chi connectivity index (χ0n) is 12.3. The molecule has 2 rings (SSSR count). The second-order valence-electron chi connectivity index (χ2n) is 5.56. The molecule has 0 spiro atoms. The van der Waals surface area contributed by atoms with Gasteiger partial charge in [0.1, 0.15) is 4.90 Å². The predicted octanol–water partition coefficient (Wildman–Crippen LogP) is 3.06. The number of halogens is 1. The first kappa shape index (κ1) is 15.9. The van der Waals surface area contributed by atoms with Gasteiger partial charge in [0.2, 0.25) is 10.0 Å². The van der Waals surface area contributed by atoms with Gasteiger partial charge in [0, 0.05) is 31.0 Å². The lowest BCUT2D eigenvalue weighted by Gasteiger charge is -2.36. The average Bonchev–Trinajstić information content (AvgIpc) is 2.85. The summed E-state index contributed by atoms with van der Waals surface area (Å²) >= 11 is 5.88. The number of sulfonamides is 1. The van der Waals surface area contributed by atoms with Gasteiger partial charge in [0.15, 0.2) is 0 Å². The minimum atomic E-state index is -3.41. The van der Waals surface area contributed by atoms with Gasteiger partial charge in [-0.15, -0.1) is 11.6 Å². The van der Waals surface area contributed by atoms with Gasteiger partial charge in [-0.1, -0.05) is 6.92 Å². The molecule has 0 saturated carbocycles. The molecule has 0 N–H and O–H groups in total. The molecule has 0 radical (unpaired) electrons. The van der Waals surface area contributed by atoms with Gasteiger partial charge in [0.05, 0.1) is 5.88 Å². The molecular formula is C14H23ClN2O2S. The van der Waals surface area contributed by atoms with Crippen molar-refractivity contribution in [3.8, 4) is 0 Å². The number of aromatic nitrogens is 1. The Morgan fingerprint density at radius 2 is 2.10 bits per heavy atom. The van der Waals surface area contributed by atoms with Crippen molar-refractivity contribution in [1.82, 2.24) is 8.87 Å². The number of alkyl halides is 1. The van der Waals surface area contributed by atoms with Gasteiger partial charge in [-0.3, -0.25) is 0 Å². The molecule has 6 heteroatoms. The molecule has 1 aromatic heterocycles. The maximum Gasteiger partial charge on any atom is 0.244 e. The number of hydrogen-bond acceptors (Lipinski definition) is 2. The van der Waals surface area contributed by atoms with Crippen LogP contribution in [-0.4, -0.2) is 29.9 Å². The molecule has 20 heavy (non-hydrogen) atoms. The highest BCUT2D eigenvalue weighted by Crippen LogP contribution is 2.29. The highest BCUT2D eigenvalue weighted by atomic mass is 35.5. The molecule has 0 bridgehead atoms. The molecule has 1 aliphatic rings. The van der Waals surface area contributed by atoms with Crippen LogP contribution >= 0.6 is 11.6 Å². The van der Waals surface area contributed by atoms with Crippen LogP contribution < -0.4 is 0 Å². The Kier molecular flexibility index (Phi) is 4.82. The Hall–Kier alpha value is -0.520. The van der Waals surface area contributed by atoms with E-state index in [1.807, 2.05) is 18.4 Å². The number of hydrogen-bond donors (Lipinski definition) is 0. The monoisotopic (exact) mass is 318 g/mol. The Morgan fingerprint density at radius 3 is 2.65 bits per heavy atom. The second kappa shape index (κ2) is 6.08. The minimum Gasteiger partial charge on any atom is -0.349 e. The standard InChI is InChI=1S/C14H23ClN2O2S/c1-4-16-10-14(8-13(16)9-15)20(18,19)17-7-5-6-11(2)12(17)3/h8,10-12H,4-7,9H2,1-3H3. The minimum absolute atomic E-state index is 0.0539. The summed E-state index contributed by atoms with van der Waals surface area (Å²) in [6, 6.07) is 1.76. The lowest BCUT2D eigenvalue weighted by molar-refractivity contribution is 0.202. The summed E-state index contributed by atoms with van der Waals surface area (Å²) in [5.41, 5.74) is 0.852. The average molecular weight is 319 g/mol. The fraction of sp³-hybridized carbons (Fsp3) is 0.714. The van der Waals surface area contributed by atoms with Gasteiger partial charge in [-0.05, 0) is 38.7 Å². The highest BCUT2D eigenvalue weighted by Gasteiger charge is 2.35. The van der Waals surface area contributed by atoms with Crippen molar-refractivity contribution in [2.45, 2.75) is 57.0 Å². The zero-order valence-corrected chi connectivity index (χ0v) is 13.9. The number of aryl methyl sites for hydroxylation is 1. The van der Waals surface area contributed by atoms with Crippen LogP contribution in [0.5, 0.6) is 0 Å². The zero-order chi connectivity index (χ0) is 14.9. The summed E-state index contributed by atoms with van der Waals surface area (Å²) in [4.78, 5) is 0.371. The molecule has 1 aromatic rings. The van der Waals surface area contributed by atoms with E-state index in [1.165, 1.54) is 0 Å². The predicted molar refractivity (Wildman–Crippen MR) is 81.4 cm³/mol. The first-order valence-corrected chi connectivity index (χ1v) is 9.16. The van der Waals surface area contributed by atoms with Gasteiger partial charge in [0.25, 0.3) is 0 Å². The van der Waals surface area contributed by atoms with E-state index in [4.69, 9.17) is 11.6 Å². The van der Waals surface area contributed by atoms with Gasteiger partial charge < -0.3 is 4.57 Å². The molecule has 2 atom stereocenters. The van der Waals surface area contributed by atoms with Crippen LogP contribution in [0.1, 0.15) is 39.3 Å². The molecule has 2 heterocycles. The van der Waals surface area contributed by atoms with Crippen molar-refractivity contribution in [2.24, 2.45) is 5.92 Å². The van der Waals surface area contributed by atoms with Crippen LogP contribution in [0.2, 0.25) is 0 Å². The van der Waals surface area contributed by atoms with Crippen LogP contribution in [-0.2, 0) is 22.4 Å². The number of piperidine rings is 1. The van der Waals surface area contributed by atoms with Gasteiger partial charge >= 0.3 is 0 Å². The van der Waals surface area contributed by atoms with Crippen LogP contribution in [0.3, 0.4) is 0 Å². The maximum atomic E-state index is 12.8. The summed E-state index contributed by atoms with van der Waals surface area (Å²) in [5.74, 6) is 0.731. The third-order valence-corrected chi connectivity index (χ3v) is 6.59. The molecule has 0 aliphatic carbocycles. The fourth-order valence-corrected chi connectivity index (χ4v) is 4.91. The largest absolute Gasteiger partial charge is 0.349 e. The topological polar surface area (TPSA) is 42.3 Å². The van der Waals surface area contributed by atoms with E-state index in [0.29, 0.717) is 23.2 Å². The summed E-state index contributed by atoms with van der Waals surface area (Å²) in [7, 11) is -3.41. The molecule has 0 aromatic carbocycles. The molecule has 0 amide bonds. The SMILES string of the molecule is CCn1cc(S(=O)(=O)N2CCCC(C)C2C)cc1CCl. The number of nitrogens with zero attached hydrogens (tertiary/aromatic N) is 2. The van der Waals surface area contributed by atoms with Crippen molar-refractivity contribution >= 4 is 21.6 Å². The third kappa shape index (κ3) is 2.76. The number of rotatable bonds is 4. The van der Waals surface area contributed by atoms with Crippen LogP contribution in [0.25, 0.3) is 0 Å². The highest BCUT2D eigenvalue weighted by molar-refractivity contribution is 7.89. The van der Waals surface area contributed by atoms with Crippen LogP contribution in [0.15, 0.2) is 17.2 Å². The van der Waals surface area contributed by atoms with Crippen LogP contribution in [0, 0.1) is 5.92 Å². The molecule has 1 fully saturated rings. The second-order valence-corrected chi connectivity index (χ2v) is 7.72. The van der Waals surface area contributed by atoms with E-state index in [1.54, 1.807) is 16.6 Å². The van der Waals surface area contributed by atoms with Crippen molar-refractivity contribution in [3.63, 3.8) is 0 Å². The van der Waals surface area contributed by atoms with E-state index < -0.39 is 10.0 Å². The van der Waals surface area contributed by atoms with E-state index in [2.05, 4.69) is 6.92 Å². The van der Waals surface area contributed by atoms with Crippen molar-refractivity contribution < 1.29 is 8.42 Å². The molecule has 2 unspecified atom stereocenters. The van der Waals surface area contributed by atoms with Crippen molar-refractivity contribution in [1.29, 1.82) is 0 Å². The van der Waals surface area contributed by atoms with E-state index in [9.17, 15) is 8.42 Å².